The molecular weight excluding hydrogens is 502 g/mol. The Hall–Kier alpha value is -3.85. The summed E-state index contributed by atoms with van der Waals surface area (Å²) in [6.07, 6.45) is 0.751. The topological polar surface area (TPSA) is 96.0 Å². The second-order valence-corrected chi connectivity index (χ2v) is 10.8. The zero-order valence-electron chi connectivity index (χ0n) is 22.3. The Morgan fingerprint density at radius 1 is 0.947 bits per heavy atom. The van der Waals surface area contributed by atoms with Gasteiger partial charge in [0.25, 0.3) is 10.0 Å². The normalized spacial score (nSPS) is 11.9. The van der Waals surface area contributed by atoms with Crippen LogP contribution >= 0.6 is 0 Å². The van der Waals surface area contributed by atoms with Crippen LogP contribution in [0.3, 0.4) is 0 Å². The molecule has 0 radical (unpaired) electrons. The van der Waals surface area contributed by atoms with Gasteiger partial charge in [0.15, 0.2) is 0 Å². The molecule has 0 saturated carbocycles. The molecule has 1 unspecified atom stereocenters. The fraction of sp³-hybridized carbons (Fsp3) is 0.310. The largest absolute Gasteiger partial charge is 0.497 e. The highest BCUT2D eigenvalue weighted by atomic mass is 32.2. The molecule has 0 spiro atoms. The van der Waals surface area contributed by atoms with Crippen molar-refractivity contribution in [1.29, 1.82) is 0 Å². The number of amides is 2. The third kappa shape index (κ3) is 6.92. The first-order chi connectivity index (χ1) is 18.2. The van der Waals surface area contributed by atoms with E-state index in [1.807, 2.05) is 25.1 Å². The lowest BCUT2D eigenvalue weighted by molar-refractivity contribution is -0.139. The smallest absolute Gasteiger partial charge is 0.264 e. The zero-order chi connectivity index (χ0) is 27.7. The maximum Gasteiger partial charge on any atom is 0.264 e. The van der Waals surface area contributed by atoms with E-state index in [2.05, 4.69) is 5.32 Å². The highest BCUT2D eigenvalue weighted by Gasteiger charge is 2.32. The van der Waals surface area contributed by atoms with E-state index in [1.54, 1.807) is 69.5 Å². The lowest BCUT2D eigenvalue weighted by Crippen LogP contribution is -2.51. The molecule has 3 rings (SSSR count). The molecule has 1 N–H and O–H groups in total. The molecule has 38 heavy (non-hydrogen) atoms. The van der Waals surface area contributed by atoms with Crippen LogP contribution in [0.5, 0.6) is 5.75 Å². The van der Waals surface area contributed by atoms with Gasteiger partial charge in [-0.2, -0.15) is 0 Å². The Kier molecular flexibility index (Phi) is 9.90. The molecular formula is C29H35N3O5S. The van der Waals surface area contributed by atoms with Crippen LogP contribution in [0.1, 0.15) is 31.4 Å². The van der Waals surface area contributed by atoms with Gasteiger partial charge in [-0.3, -0.25) is 13.9 Å². The number of ether oxygens (including phenoxy) is 1. The van der Waals surface area contributed by atoms with Gasteiger partial charge < -0.3 is 15.0 Å². The molecule has 2 amide bonds. The predicted molar refractivity (Wildman–Crippen MR) is 148 cm³/mol. The second-order valence-electron chi connectivity index (χ2n) is 8.95. The molecule has 8 nitrogen and oxygen atoms in total. The number of aryl methyl sites for hydroxylation is 1. The predicted octanol–water partition coefficient (Wildman–Crippen LogP) is 4.14. The third-order valence-corrected chi connectivity index (χ3v) is 8.00. The van der Waals surface area contributed by atoms with Crippen molar-refractivity contribution in [2.24, 2.45) is 0 Å². The van der Waals surface area contributed by atoms with Crippen molar-refractivity contribution in [3.63, 3.8) is 0 Å². The fourth-order valence-electron chi connectivity index (χ4n) is 3.98. The van der Waals surface area contributed by atoms with Gasteiger partial charge in [0.05, 0.1) is 17.7 Å². The van der Waals surface area contributed by atoms with Crippen LogP contribution in [0, 0.1) is 6.92 Å². The highest BCUT2D eigenvalue weighted by molar-refractivity contribution is 7.92. The quantitative estimate of drug-likeness (QED) is 0.375. The van der Waals surface area contributed by atoms with Crippen molar-refractivity contribution in [2.75, 3.05) is 24.5 Å². The molecule has 0 heterocycles. The van der Waals surface area contributed by atoms with Crippen LogP contribution in [0.25, 0.3) is 0 Å². The number of carbonyl (C=O) groups excluding carboxylic acids is 2. The van der Waals surface area contributed by atoms with Gasteiger partial charge in [0, 0.05) is 13.1 Å². The summed E-state index contributed by atoms with van der Waals surface area (Å²) in [7, 11) is -2.51. The number of nitrogens with zero attached hydrogens (tertiary/aromatic N) is 2. The maximum atomic E-state index is 13.9. The van der Waals surface area contributed by atoms with Crippen LogP contribution in [0.15, 0.2) is 83.8 Å². The first-order valence-corrected chi connectivity index (χ1v) is 14.0. The Balaban J connectivity index is 2.01. The van der Waals surface area contributed by atoms with Crippen LogP contribution in [0.2, 0.25) is 0 Å². The van der Waals surface area contributed by atoms with Crippen molar-refractivity contribution in [1.82, 2.24) is 10.2 Å². The SMILES string of the molecule is CCCNC(=O)C(C)N(Cc1ccc(OC)cc1)C(=O)CN(c1ccccc1C)S(=O)(=O)c1ccccc1. The summed E-state index contributed by atoms with van der Waals surface area (Å²) in [6.45, 7) is 5.52. The van der Waals surface area contributed by atoms with Crippen molar-refractivity contribution < 1.29 is 22.7 Å². The summed E-state index contributed by atoms with van der Waals surface area (Å²) in [5, 5.41) is 2.84. The maximum absolute atomic E-state index is 13.9. The molecule has 1 atom stereocenters. The van der Waals surface area contributed by atoms with Crippen LogP contribution in [0.4, 0.5) is 5.69 Å². The average Bonchev–Trinajstić information content (AvgIpc) is 2.94. The van der Waals surface area contributed by atoms with E-state index in [1.165, 1.54) is 17.0 Å². The molecule has 0 aliphatic rings. The van der Waals surface area contributed by atoms with Gasteiger partial charge in [-0.05, 0) is 61.7 Å². The summed E-state index contributed by atoms with van der Waals surface area (Å²) in [5.41, 5.74) is 1.88. The number of carbonyl (C=O) groups is 2. The standard InChI is InChI=1S/C29H35N3O5S/c1-5-19-30-29(34)23(3)31(20-24-15-17-25(37-4)18-16-24)28(33)21-32(27-14-10-9-11-22(27)2)38(35,36)26-12-7-6-8-13-26/h6-18,23H,5,19-21H2,1-4H3,(H,30,34). The van der Waals surface area contributed by atoms with Crippen LogP contribution < -0.4 is 14.4 Å². The summed E-state index contributed by atoms with van der Waals surface area (Å²) < 4.78 is 33.9. The fourth-order valence-corrected chi connectivity index (χ4v) is 5.48. The molecule has 202 valence electrons. The van der Waals surface area contributed by atoms with E-state index in [0.29, 0.717) is 23.5 Å². The average molecular weight is 538 g/mol. The van der Waals surface area contributed by atoms with E-state index < -0.39 is 28.5 Å². The number of anilines is 1. The summed E-state index contributed by atoms with van der Waals surface area (Å²) in [5.74, 6) is -0.134. The number of hydrogen-bond donors (Lipinski definition) is 1. The molecule has 0 aromatic heterocycles. The minimum atomic E-state index is -4.08. The lowest BCUT2D eigenvalue weighted by atomic mass is 10.1. The summed E-state index contributed by atoms with van der Waals surface area (Å²) in [6, 6.07) is 21.4. The molecule has 0 aliphatic carbocycles. The van der Waals surface area contributed by atoms with E-state index in [4.69, 9.17) is 4.74 Å². The Morgan fingerprint density at radius 2 is 1.58 bits per heavy atom. The molecule has 3 aromatic carbocycles. The summed E-state index contributed by atoms with van der Waals surface area (Å²) in [4.78, 5) is 28.3. The first-order valence-electron chi connectivity index (χ1n) is 12.5. The van der Waals surface area contributed by atoms with Gasteiger partial charge in [0.1, 0.15) is 18.3 Å². The van der Waals surface area contributed by atoms with Crippen molar-refractivity contribution in [3.8, 4) is 5.75 Å². The number of benzene rings is 3. The number of methoxy groups -OCH3 is 1. The van der Waals surface area contributed by atoms with E-state index in [-0.39, 0.29) is 17.3 Å². The van der Waals surface area contributed by atoms with E-state index in [0.717, 1.165) is 16.3 Å². The minimum Gasteiger partial charge on any atom is -0.497 e. The van der Waals surface area contributed by atoms with Gasteiger partial charge in [-0.25, -0.2) is 8.42 Å². The molecule has 0 fully saturated rings. The highest BCUT2D eigenvalue weighted by Crippen LogP contribution is 2.27. The monoisotopic (exact) mass is 537 g/mol. The van der Waals surface area contributed by atoms with Crippen molar-refractivity contribution in [2.45, 2.75) is 44.7 Å². The summed E-state index contributed by atoms with van der Waals surface area (Å²) >= 11 is 0. The van der Waals surface area contributed by atoms with Gasteiger partial charge in [-0.1, -0.05) is 55.5 Å². The number of sulfonamides is 1. The van der Waals surface area contributed by atoms with E-state index >= 15 is 0 Å². The number of para-hydroxylation sites is 1. The first kappa shape index (κ1) is 28.7. The minimum absolute atomic E-state index is 0.0755. The van der Waals surface area contributed by atoms with Crippen LogP contribution in [-0.4, -0.2) is 51.4 Å². The lowest BCUT2D eigenvalue weighted by Gasteiger charge is -2.32. The zero-order valence-corrected chi connectivity index (χ0v) is 23.1. The molecule has 9 heteroatoms. The third-order valence-electron chi connectivity index (χ3n) is 6.22. The van der Waals surface area contributed by atoms with Gasteiger partial charge in [0.2, 0.25) is 11.8 Å². The number of rotatable bonds is 12. The number of hydrogen-bond acceptors (Lipinski definition) is 5. The Bertz CT molecular complexity index is 1330. The Labute approximate surface area is 225 Å². The second kappa shape index (κ2) is 13.1. The molecule has 0 saturated heterocycles. The van der Waals surface area contributed by atoms with Crippen molar-refractivity contribution >= 4 is 27.5 Å². The van der Waals surface area contributed by atoms with Crippen molar-refractivity contribution in [3.05, 3.63) is 90.0 Å². The number of nitrogens with one attached hydrogen (secondary N) is 1. The molecule has 3 aromatic rings. The molecule has 0 aliphatic heterocycles. The molecule has 0 bridgehead atoms. The van der Waals surface area contributed by atoms with E-state index in [9.17, 15) is 18.0 Å². The van der Waals surface area contributed by atoms with Crippen LogP contribution in [-0.2, 0) is 26.2 Å². The van der Waals surface area contributed by atoms with Gasteiger partial charge in [-0.15, -0.1) is 0 Å². The Morgan fingerprint density at radius 3 is 2.18 bits per heavy atom. The van der Waals surface area contributed by atoms with Gasteiger partial charge >= 0.3 is 0 Å².